The summed E-state index contributed by atoms with van der Waals surface area (Å²) in [5, 5.41) is 3.34. The van der Waals surface area contributed by atoms with Crippen molar-refractivity contribution in [2.24, 2.45) is 0 Å². The molecule has 1 N–H and O–H groups in total. The van der Waals surface area contributed by atoms with Gasteiger partial charge >= 0.3 is 128 Å². The van der Waals surface area contributed by atoms with Crippen molar-refractivity contribution >= 4 is 28.4 Å². The Labute approximate surface area is 128 Å². The van der Waals surface area contributed by atoms with Gasteiger partial charge in [-0.1, -0.05) is 0 Å². The van der Waals surface area contributed by atoms with Crippen LogP contribution in [0.2, 0.25) is 4.71 Å². The Morgan fingerprint density at radius 3 is 2.95 bits per heavy atom. The summed E-state index contributed by atoms with van der Waals surface area (Å²) in [7, 11) is 0. The summed E-state index contributed by atoms with van der Waals surface area (Å²) in [6, 6.07) is 10.2. The molecule has 3 rings (SSSR count). The number of nitrogens with zero attached hydrogens (tertiary/aromatic N) is 3. The summed E-state index contributed by atoms with van der Waals surface area (Å²) in [6.45, 7) is 3.03. The Morgan fingerprint density at radius 2 is 2.20 bits per heavy atom. The fourth-order valence-corrected chi connectivity index (χ4v) is 3.27. The number of aromatic nitrogens is 2. The van der Waals surface area contributed by atoms with Crippen molar-refractivity contribution in [1.29, 1.82) is 0 Å². The Morgan fingerprint density at radius 1 is 1.25 bits per heavy atom. The van der Waals surface area contributed by atoms with Crippen LogP contribution < -0.4 is 10.2 Å². The maximum atomic E-state index is 4.38. The average Bonchev–Trinajstić information content (AvgIpc) is 2.93. The molecule has 0 aliphatic carbocycles. The Kier molecular flexibility index (Phi) is 4.22. The molecule has 4 nitrogen and oxygen atoms in total. The number of anilines is 2. The molecular formula is C15H19AsN4. The molecule has 2 aromatic heterocycles. The van der Waals surface area contributed by atoms with Crippen molar-refractivity contribution in [3.05, 3.63) is 48.4 Å². The fourth-order valence-electron chi connectivity index (χ4n) is 2.42. The molecule has 104 valence electrons. The van der Waals surface area contributed by atoms with E-state index in [1.807, 2.05) is 47.4 Å². The van der Waals surface area contributed by atoms with Gasteiger partial charge in [-0.05, 0) is 0 Å². The van der Waals surface area contributed by atoms with Gasteiger partial charge in [0.05, 0.1) is 0 Å². The second-order valence-corrected chi connectivity index (χ2v) is 7.05. The van der Waals surface area contributed by atoms with E-state index in [1.54, 1.807) is 0 Å². The normalized spacial score (nSPS) is 18.2. The molecule has 1 aliphatic heterocycles. The zero-order chi connectivity index (χ0) is 13.8. The van der Waals surface area contributed by atoms with E-state index in [1.165, 1.54) is 18.7 Å². The Bertz CT molecular complexity index is 561. The Hall–Kier alpha value is -1.54. The van der Waals surface area contributed by atoms with Crippen molar-refractivity contribution < 1.29 is 0 Å². The summed E-state index contributed by atoms with van der Waals surface area (Å²) in [5.41, 5.74) is 2.29. The quantitative estimate of drug-likeness (QED) is 0.867. The van der Waals surface area contributed by atoms with Crippen LogP contribution in [0.15, 0.2) is 42.7 Å². The third-order valence-electron chi connectivity index (χ3n) is 3.51. The van der Waals surface area contributed by atoms with Crippen LogP contribution in [0, 0.1) is 0 Å². The van der Waals surface area contributed by atoms with E-state index < -0.39 is 0 Å². The summed E-state index contributed by atoms with van der Waals surface area (Å²) in [4.78, 5) is 11.1. The minimum absolute atomic E-state index is 0.705. The molecule has 1 fully saturated rings. The maximum absolute atomic E-state index is 4.38. The number of rotatable bonds is 4. The van der Waals surface area contributed by atoms with Crippen LogP contribution in [0.25, 0.3) is 0 Å². The van der Waals surface area contributed by atoms with Gasteiger partial charge in [-0.25, -0.2) is 0 Å². The molecule has 3 heterocycles. The van der Waals surface area contributed by atoms with Crippen molar-refractivity contribution in [3.8, 4) is 0 Å². The molecule has 0 amide bonds. The van der Waals surface area contributed by atoms with Gasteiger partial charge in [0.15, 0.2) is 0 Å². The molecule has 2 unspecified atom stereocenters. The number of hydrogen-bond donors (Lipinski definition) is 1. The third-order valence-corrected chi connectivity index (χ3v) is 4.65. The van der Waals surface area contributed by atoms with Gasteiger partial charge < -0.3 is 0 Å². The van der Waals surface area contributed by atoms with Crippen molar-refractivity contribution in [2.75, 3.05) is 23.3 Å². The molecular weight excluding hydrogens is 311 g/mol. The monoisotopic (exact) mass is 330 g/mol. The number of hydrogen-bond acceptors (Lipinski definition) is 4. The molecule has 2 aromatic rings. The van der Waals surface area contributed by atoms with E-state index in [9.17, 15) is 0 Å². The van der Waals surface area contributed by atoms with Gasteiger partial charge in [-0.3, -0.25) is 0 Å². The first kappa shape index (κ1) is 13.4. The molecule has 1 aliphatic rings. The second kappa shape index (κ2) is 6.27. The number of nitrogens with one attached hydrogen (secondary N) is 1. The van der Waals surface area contributed by atoms with Gasteiger partial charge in [0.25, 0.3) is 0 Å². The van der Waals surface area contributed by atoms with Crippen LogP contribution in [0.3, 0.4) is 0 Å². The first-order valence-electron chi connectivity index (χ1n) is 6.91. The van der Waals surface area contributed by atoms with E-state index in [-0.39, 0.29) is 0 Å². The van der Waals surface area contributed by atoms with Crippen LogP contribution in [0.1, 0.15) is 12.1 Å². The van der Waals surface area contributed by atoms with E-state index in [2.05, 4.69) is 32.3 Å². The Balaban J connectivity index is 1.65. The van der Waals surface area contributed by atoms with Crippen molar-refractivity contribution in [3.63, 3.8) is 0 Å². The van der Waals surface area contributed by atoms with E-state index in [0.29, 0.717) is 6.54 Å². The van der Waals surface area contributed by atoms with Gasteiger partial charge in [0.1, 0.15) is 0 Å². The molecule has 0 radical (unpaired) electrons. The summed E-state index contributed by atoms with van der Waals surface area (Å²) in [6.07, 6.45) is 5.00. The van der Waals surface area contributed by atoms with Gasteiger partial charge in [0.2, 0.25) is 0 Å². The zero-order valence-corrected chi connectivity index (χ0v) is 13.8. The SMILES string of the molecule is [AsH2]C1CCN(c2ccnc(NCc3ccccn3)c2)C1. The fraction of sp³-hybridized carbons (Fsp3) is 0.333. The van der Waals surface area contributed by atoms with Crippen LogP contribution >= 0.6 is 0 Å². The molecule has 0 spiro atoms. The molecule has 5 heteroatoms. The molecule has 0 saturated carbocycles. The van der Waals surface area contributed by atoms with E-state index in [4.69, 9.17) is 0 Å². The van der Waals surface area contributed by atoms with Crippen LogP contribution in [0.5, 0.6) is 0 Å². The van der Waals surface area contributed by atoms with Crippen LogP contribution in [0.4, 0.5) is 11.5 Å². The first-order valence-corrected chi connectivity index (χ1v) is 8.31. The minimum atomic E-state index is 0.705. The third kappa shape index (κ3) is 3.31. The zero-order valence-electron chi connectivity index (χ0n) is 11.4. The van der Waals surface area contributed by atoms with Crippen LogP contribution in [-0.2, 0) is 6.54 Å². The molecule has 0 aromatic carbocycles. The van der Waals surface area contributed by atoms with E-state index >= 15 is 0 Å². The van der Waals surface area contributed by atoms with Crippen molar-refractivity contribution in [1.82, 2.24) is 9.97 Å². The molecule has 0 bridgehead atoms. The summed E-state index contributed by atoms with van der Waals surface area (Å²) < 4.78 is 0.848. The number of pyridine rings is 2. The first-order chi connectivity index (χ1) is 9.81. The summed E-state index contributed by atoms with van der Waals surface area (Å²) in [5.74, 6) is 0.915. The van der Waals surface area contributed by atoms with Crippen molar-refractivity contribution in [2.45, 2.75) is 17.7 Å². The summed E-state index contributed by atoms with van der Waals surface area (Å²) >= 11 is 1.85. The van der Waals surface area contributed by atoms with Crippen LogP contribution in [-0.4, -0.2) is 39.9 Å². The standard InChI is InChI=1S/C15H19AsN4/c16-12-5-8-20(11-12)14-4-7-18-15(9-14)19-10-13-3-1-2-6-17-13/h1-4,6-7,9,12H,5,8,10-11,16H2,(H,18,19). The topological polar surface area (TPSA) is 41.1 Å². The van der Waals surface area contributed by atoms with E-state index in [0.717, 1.165) is 22.8 Å². The molecule has 20 heavy (non-hydrogen) atoms. The average molecular weight is 330 g/mol. The predicted molar refractivity (Wildman–Crippen MR) is 84.9 cm³/mol. The second-order valence-electron chi connectivity index (χ2n) is 5.07. The molecule has 2 atom stereocenters. The van der Waals surface area contributed by atoms with Gasteiger partial charge in [-0.2, -0.15) is 0 Å². The predicted octanol–water partition coefficient (Wildman–Crippen LogP) is 1.72. The van der Waals surface area contributed by atoms with Gasteiger partial charge in [0, 0.05) is 0 Å². The van der Waals surface area contributed by atoms with Gasteiger partial charge in [-0.15, -0.1) is 0 Å². The molecule has 1 saturated heterocycles.